The Labute approximate surface area is 273 Å². The zero-order valence-corrected chi connectivity index (χ0v) is 26.5. The molecule has 9 nitrogen and oxygen atoms in total. The Morgan fingerprint density at radius 3 is 2.77 bits per heavy atom. The third kappa shape index (κ3) is 7.21. The fourth-order valence-electron chi connectivity index (χ4n) is 6.65. The molecule has 2 aliphatic carbocycles. The van der Waals surface area contributed by atoms with E-state index in [0.717, 1.165) is 24.1 Å². The molecule has 1 aromatic carbocycles. The van der Waals surface area contributed by atoms with E-state index in [0.29, 0.717) is 30.6 Å². The first-order chi connectivity index (χ1) is 22.3. The van der Waals surface area contributed by atoms with E-state index in [1.165, 1.54) is 16.7 Å². The quantitative estimate of drug-likeness (QED) is 0.287. The van der Waals surface area contributed by atoms with E-state index >= 15 is 0 Å². The van der Waals surface area contributed by atoms with Gasteiger partial charge in [0.2, 0.25) is 17.0 Å². The average molecular weight is 677 g/mol. The van der Waals surface area contributed by atoms with Crippen LogP contribution in [-0.4, -0.2) is 74.6 Å². The zero-order chi connectivity index (χ0) is 33.5. The smallest absolute Gasteiger partial charge is 0.416 e. The number of amides is 2. The monoisotopic (exact) mass is 676 g/mol. The number of carbonyl (C=O) groups excluding carboxylic acids is 2. The van der Waals surface area contributed by atoms with E-state index in [1.807, 2.05) is 31.2 Å². The summed E-state index contributed by atoms with van der Waals surface area (Å²) >= 11 is 1.44. The molecule has 3 N–H and O–H groups in total. The van der Waals surface area contributed by atoms with E-state index in [9.17, 15) is 37.1 Å². The second kappa shape index (κ2) is 13.0. The molecule has 1 saturated carbocycles. The van der Waals surface area contributed by atoms with E-state index < -0.39 is 65.0 Å². The minimum Gasteiger partial charge on any atom is -0.479 e. The number of anilines is 1. The number of hydrogen-bond donors (Lipinski definition) is 3. The number of alkyl halides is 3. The van der Waals surface area contributed by atoms with Gasteiger partial charge in [-0.25, -0.2) is 14.2 Å². The number of carboxylic acids is 1. The summed E-state index contributed by atoms with van der Waals surface area (Å²) in [6, 6.07) is -0.276. The minimum atomic E-state index is -4.80. The zero-order valence-electron chi connectivity index (χ0n) is 25.6. The number of hydrogen-bond acceptors (Lipinski definition) is 7. The molecule has 0 bridgehead atoms. The molecule has 0 spiro atoms. The second-order valence-corrected chi connectivity index (χ2v) is 13.9. The van der Waals surface area contributed by atoms with Crippen LogP contribution in [0.3, 0.4) is 0 Å². The molecule has 2 unspecified atom stereocenters. The van der Waals surface area contributed by atoms with Crippen molar-refractivity contribution < 1.29 is 41.8 Å². The molecule has 7 atom stereocenters. The maximum Gasteiger partial charge on any atom is 0.416 e. The lowest BCUT2D eigenvalue weighted by molar-refractivity contribution is -0.145. The number of rotatable bonds is 4. The maximum absolute atomic E-state index is 14.3. The first-order valence-corrected chi connectivity index (χ1v) is 16.6. The van der Waals surface area contributed by atoms with Crippen LogP contribution in [0.15, 0.2) is 59.1 Å². The van der Waals surface area contributed by atoms with Crippen LogP contribution in [0.4, 0.5) is 23.2 Å². The van der Waals surface area contributed by atoms with Crippen molar-refractivity contribution in [2.24, 2.45) is 10.9 Å². The molecule has 0 radical (unpaired) electrons. The van der Waals surface area contributed by atoms with Crippen molar-refractivity contribution in [3.8, 4) is 0 Å². The van der Waals surface area contributed by atoms with Gasteiger partial charge < -0.3 is 25.4 Å². The second-order valence-electron chi connectivity index (χ2n) is 12.8. The summed E-state index contributed by atoms with van der Waals surface area (Å²) in [5.41, 5.74) is -1.81. The molecule has 3 heterocycles. The van der Waals surface area contributed by atoms with Crippen LogP contribution >= 0.6 is 11.8 Å². The van der Waals surface area contributed by atoms with Gasteiger partial charge in [-0.15, -0.1) is 0 Å². The Morgan fingerprint density at radius 1 is 1.19 bits per heavy atom. The van der Waals surface area contributed by atoms with Gasteiger partial charge in [-0.05, 0) is 50.8 Å². The van der Waals surface area contributed by atoms with E-state index in [-0.39, 0.29) is 42.8 Å². The summed E-state index contributed by atoms with van der Waals surface area (Å²) in [6.07, 6.45) is 7.39. The van der Waals surface area contributed by atoms with E-state index in [2.05, 4.69) is 21.7 Å². The van der Waals surface area contributed by atoms with Gasteiger partial charge in [0, 0.05) is 18.0 Å². The number of allylic oxidation sites excluding steroid dienone is 3. The molecule has 3 aliphatic heterocycles. The van der Waals surface area contributed by atoms with Crippen LogP contribution in [0, 0.1) is 11.7 Å². The number of carbonyl (C=O) groups is 3. The molecule has 1 saturated heterocycles. The minimum absolute atomic E-state index is 0.0327. The summed E-state index contributed by atoms with van der Waals surface area (Å²) in [5.74, 6) is -3.91. The van der Waals surface area contributed by atoms with Gasteiger partial charge in [-0.3, -0.25) is 9.59 Å². The molecule has 2 fully saturated rings. The average Bonchev–Trinajstić information content (AvgIpc) is 3.32. The van der Waals surface area contributed by atoms with Gasteiger partial charge in [0.05, 0.1) is 23.4 Å². The fraction of sp³-hybridized carbons (Fsp3) is 0.515. The lowest BCUT2D eigenvalue weighted by Gasteiger charge is -2.30. The number of fused-ring (bicyclic) bond motifs is 3. The van der Waals surface area contributed by atoms with Crippen molar-refractivity contribution in [1.82, 2.24) is 10.2 Å². The summed E-state index contributed by atoms with van der Waals surface area (Å²) < 4.78 is 61.0. The number of nitrogens with one attached hydrogen (secondary N) is 2. The Kier molecular flexibility index (Phi) is 9.16. The van der Waals surface area contributed by atoms with Crippen molar-refractivity contribution in [1.29, 1.82) is 0 Å². The SMILES string of the molecule is CC1=CC2SC(O[C@@H]3C[C@H]4C(=O)N[C@]5(C(=O)O)C[C@H]5/C=C\CCCCC[C@H](Nc5cc(F)cc(C(F)(F)F)c5)C(=O)N4C3)=NC2C=C1. The van der Waals surface area contributed by atoms with Crippen LogP contribution in [0.5, 0.6) is 0 Å². The molecule has 47 heavy (non-hydrogen) atoms. The normalized spacial score (nSPS) is 33.3. The highest BCUT2D eigenvalue weighted by Crippen LogP contribution is 2.45. The third-order valence-electron chi connectivity index (χ3n) is 9.27. The van der Waals surface area contributed by atoms with Gasteiger partial charge in [0.15, 0.2) is 0 Å². The Morgan fingerprint density at radius 2 is 2.00 bits per heavy atom. The Bertz CT molecular complexity index is 1560. The van der Waals surface area contributed by atoms with Crippen molar-refractivity contribution in [2.45, 2.75) is 93.1 Å². The summed E-state index contributed by atoms with van der Waals surface area (Å²) in [7, 11) is 0. The van der Waals surface area contributed by atoms with Gasteiger partial charge in [0.25, 0.3) is 0 Å². The Hall–Kier alpha value is -3.81. The van der Waals surface area contributed by atoms with Crippen molar-refractivity contribution in [3.05, 3.63) is 65.5 Å². The number of carboxylic acid groups (broad SMARTS) is 1. The number of halogens is 4. The van der Waals surface area contributed by atoms with Crippen LogP contribution in [0.2, 0.25) is 0 Å². The number of thioether (sulfide) groups is 1. The molecule has 14 heteroatoms. The van der Waals surface area contributed by atoms with Gasteiger partial charge in [-0.1, -0.05) is 60.6 Å². The standard InChI is InChI=1S/C33H36F4N4O5S/c1-18-9-10-24-27(11-18)47-31(39-24)46-23-15-26-28(42)40-32(30(44)45)16-19(32)7-5-3-2-4-6-8-25(29(43)41(26)17-23)38-22-13-20(33(35,36)37)12-21(34)14-22/h5,7,9-14,19,23-27,38H,2-4,6,8,15-17H2,1H3,(H,40,42)(H,44,45)/b7-5-/t19-,23-,24?,25+,26+,27?,32-/m1/s1. The molecule has 6 rings (SSSR count). The number of aliphatic carboxylic acids is 1. The van der Waals surface area contributed by atoms with Crippen LogP contribution in [0.1, 0.15) is 57.4 Å². The van der Waals surface area contributed by atoms with Crippen LogP contribution in [0.25, 0.3) is 0 Å². The largest absolute Gasteiger partial charge is 0.479 e. The van der Waals surface area contributed by atoms with Crippen LogP contribution in [-0.2, 0) is 25.3 Å². The summed E-state index contributed by atoms with van der Waals surface area (Å²) in [4.78, 5) is 46.3. The molecular formula is C33H36F4N4O5S. The number of benzene rings is 1. The molecule has 252 valence electrons. The van der Waals surface area contributed by atoms with E-state index in [1.54, 1.807) is 0 Å². The predicted octanol–water partition coefficient (Wildman–Crippen LogP) is 5.45. The van der Waals surface area contributed by atoms with Crippen molar-refractivity contribution >= 4 is 40.5 Å². The summed E-state index contributed by atoms with van der Waals surface area (Å²) in [5, 5.41) is 16.1. The molecule has 2 amide bonds. The highest BCUT2D eigenvalue weighted by molar-refractivity contribution is 8.14. The highest BCUT2D eigenvalue weighted by atomic mass is 32.2. The van der Waals surface area contributed by atoms with Gasteiger partial charge >= 0.3 is 12.1 Å². The van der Waals surface area contributed by atoms with Crippen molar-refractivity contribution in [2.75, 3.05) is 11.9 Å². The Balaban J connectivity index is 1.28. The molecule has 5 aliphatic rings. The molecular weight excluding hydrogens is 640 g/mol. The third-order valence-corrected chi connectivity index (χ3v) is 10.4. The topological polar surface area (TPSA) is 120 Å². The summed E-state index contributed by atoms with van der Waals surface area (Å²) in [6.45, 7) is 1.95. The molecule has 1 aromatic rings. The van der Waals surface area contributed by atoms with Gasteiger partial charge in [-0.2, -0.15) is 13.2 Å². The van der Waals surface area contributed by atoms with Gasteiger partial charge in [0.1, 0.15) is 29.5 Å². The predicted molar refractivity (Wildman–Crippen MR) is 168 cm³/mol. The number of ether oxygens (including phenoxy) is 1. The highest BCUT2D eigenvalue weighted by Gasteiger charge is 2.61. The van der Waals surface area contributed by atoms with Crippen LogP contribution < -0.4 is 10.6 Å². The van der Waals surface area contributed by atoms with Crippen molar-refractivity contribution in [3.63, 3.8) is 0 Å². The number of aliphatic imine (C=N–C) groups is 1. The molecule has 0 aromatic heterocycles. The first-order valence-electron chi connectivity index (χ1n) is 15.8. The maximum atomic E-state index is 14.3. The lowest BCUT2D eigenvalue weighted by Crippen LogP contribution is -2.55. The first kappa shape index (κ1) is 33.1. The fourth-order valence-corrected chi connectivity index (χ4v) is 7.83. The number of nitrogens with zero attached hydrogens (tertiary/aromatic N) is 2. The lowest BCUT2D eigenvalue weighted by atomic mass is 10.0. The van der Waals surface area contributed by atoms with E-state index in [4.69, 9.17) is 4.74 Å².